The smallest absolute Gasteiger partial charge is 0.246 e. The van der Waals surface area contributed by atoms with Crippen molar-refractivity contribution in [1.29, 1.82) is 0 Å². The van der Waals surface area contributed by atoms with Crippen molar-refractivity contribution < 1.29 is 24.2 Å². The van der Waals surface area contributed by atoms with Crippen molar-refractivity contribution in [3.8, 4) is 16.2 Å². The molecule has 0 saturated carbocycles. The van der Waals surface area contributed by atoms with E-state index in [1.807, 2.05) is 51.4 Å². The van der Waals surface area contributed by atoms with E-state index in [9.17, 15) is 19.5 Å². The Morgan fingerprint density at radius 3 is 2.55 bits per heavy atom. The number of carbonyl (C=O) groups is 3. The van der Waals surface area contributed by atoms with Crippen molar-refractivity contribution in [3.05, 3.63) is 35.0 Å². The molecule has 0 unspecified atom stereocenters. The zero-order valence-electron chi connectivity index (χ0n) is 25.3. The first-order valence-electron chi connectivity index (χ1n) is 14.3. The van der Waals surface area contributed by atoms with Gasteiger partial charge < -0.3 is 31.1 Å². The summed E-state index contributed by atoms with van der Waals surface area (Å²) in [5, 5.41) is 16.1. The first kappa shape index (κ1) is 35.9. The minimum Gasteiger partial charge on any atom is -0.493 e. The molecule has 12 heteroatoms. The van der Waals surface area contributed by atoms with E-state index in [4.69, 9.17) is 10.5 Å². The third-order valence-corrected chi connectivity index (χ3v) is 8.19. The molecule has 1 aromatic carbocycles. The number of thiazole rings is 1. The summed E-state index contributed by atoms with van der Waals surface area (Å²) in [6.45, 7) is 10.3. The van der Waals surface area contributed by atoms with Crippen LogP contribution in [0.15, 0.2) is 23.7 Å². The average molecular weight is 716 g/mol. The molecule has 0 spiro atoms. The maximum absolute atomic E-state index is 13.5. The number of unbranched alkanes of at least 4 members (excludes halogenated alkanes) is 3. The summed E-state index contributed by atoms with van der Waals surface area (Å²) < 4.78 is 6.19. The number of nitrogens with two attached hydrogens (primary N) is 1. The zero-order valence-corrected chi connectivity index (χ0v) is 28.4. The van der Waals surface area contributed by atoms with Crippen LogP contribution in [0.1, 0.15) is 71.1 Å². The lowest BCUT2D eigenvalue weighted by molar-refractivity contribution is -0.143. The highest BCUT2D eigenvalue weighted by atomic mass is 127. The van der Waals surface area contributed by atoms with Crippen LogP contribution in [-0.4, -0.2) is 70.6 Å². The van der Waals surface area contributed by atoms with Gasteiger partial charge in [-0.15, -0.1) is 35.3 Å². The van der Waals surface area contributed by atoms with Crippen LogP contribution in [0.3, 0.4) is 0 Å². The number of carbonyl (C=O) groups excluding carboxylic acids is 3. The number of halogens is 1. The van der Waals surface area contributed by atoms with E-state index >= 15 is 0 Å². The second kappa shape index (κ2) is 16.5. The molecule has 0 aliphatic carbocycles. The Hall–Kier alpha value is -2.29. The number of aliphatic hydroxyl groups excluding tert-OH is 1. The molecular formula is C30H46IN5O5S. The lowest BCUT2D eigenvalue weighted by Gasteiger charge is -2.35. The van der Waals surface area contributed by atoms with Crippen LogP contribution in [0.4, 0.5) is 0 Å². The van der Waals surface area contributed by atoms with Gasteiger partial charge in [0, 0.05) is 32.0 Å². The number of benzene rings is 1. The molecule has 3 rings (SSSR count). The SMILES string of the molecule is CC(=O)N[C@H](C(=O)N1C[C@H](O)C[C@H]1C(=O)NCc1ccc(-c2scnc2C)cc1OCCCCCCN)C(C)(C)C.I. The first-order chi connectivity index (χ1) is 19.4. The molecule has 1 aliphatic rings. The number of aromatic nitrogens is 1. The van der Waals surface area contributed by atoms with Crippen molar-refractivity contribution in [1.82, 2.24) is 20.5 Å². The minimum atomic E-state index is -0.845. The van der Waals surface area contributed by atoms with Gasteiger partial charge in [0.15, 0.2) is 0 Å². The van der Waals surface area contributed by atoms with Gasteiger partial charge in [0.2, 0.25) is 17.7 Å². The van der Waals surface area contributed by atoms with Crippen molar-refractivity contribution in [3.63, 3.8) is 0 Å². The third kappa shape index (κ3) is 9.88. The maximum Gasteiger partial charge on any atom is 0.246 e. The van der Waals surface area contributed by atoms with Gasteiger partial charge >= 0.3 is 0 Å². The molecule has 5 N–H and O–H groups in total. The van der Waals surface area contributed by atoms with E-state index in [1.54, 1.807) is 11.3 Å². The van der Waals surface area contributed by atoms with Crippen LogP contribution in [-0.2, 0) is 20.9 Å². The van der Waals surface area contributed by atoms with Gasteiger partial charge in [0.25, 0.3) is 0 Å². The molecule has 42 heavy (non-hydrogen) atoms. The standard InChI is InChI=1S/C30H45N5O5S.HI/c1-19-26(41-18-33-19)21-10-11-22(25(14-21)40-13-9-7-6-8-12-31)16-32-28(38)24-15-23(37)17-35(24)29(39)27(30(3,4)5)34-20(2)36;/h10-11,14,18,23-24,27,37H,6-9,12-13,15-17,31H2,1-5H3,(H,32,38)(H,34,36);1H/t23-,24+,27-;/m1./s1. The molecule has 234 valence electrons. The molecule has 1 aliphatic heterocycles. The van der Waals surface area contributed by atoms with E-state index in [2.05, 4.69) is 15.6 Å². The van der Waals surface area contributed by atoms with Gasteiger partial charge in [-0.25, -0.2) is 4.98 Å². The number of aliphatic hydroxyl groups is 1. The number of amides is 3. The van der Waals surface area contributed by atoms with Gasteiger partial charge in [-0.2, -0.15) is 0 Å². The first-order valence-corrected chi connectivity index (χ1v) is 15.2. The van der Waals surface area contributed by atoms with Crippen LogP contribution in [0.5, 0.6) is 5.75 Å². The van der Waals surface area contributed by atoms with Crippen LogP contribution in [0.2, 0.25) is 0 Å². The van der Waals surface area contributed by atoms with E-state index < -0.39 is 23.6 Å². The quantitative estimate of drug-likeness (QED) is 0.183. The molecule has 3 amide bonds. The lowest BCUT2D eigenvalue weighted by Crippen LogP contribution is -2.57. The monoisotopic (exact) mass is 715 g/mol. The maximum atomic E-state index is 13.5. The van der Waals surface area contributed by atoms with Gasteiger partial charge in [0.1, 0.15) is 17.8 Å². The molecule has 2 heterocycles. The number of hydrogen-bond acceptors (Lipinski definition) is 8. The highest BCUT2D eigenvalue weighted by molar-refractivity contribution is 14.0. The minimum absolute atomic E-state index is 0. The summed E-state index contributed by atoms with van der Waals surface area (Å²) in [7, 11) is 0. The zero-order chi connectivity index (χ0) is 30.2. The molecule has 1 fully saturated rings. The van der Waals surface area contributed by atoms with Crippen molar-refractivity contribution in [2.75, 3.05) is 19.7 Å². The molecule has 2 aromatic rings. The van der Waals surface area contributed by atoms with Crippen LogP contribution >= 0.6 is 35.3 Å². The lowest BCUT2D eigenvalue weighted by atomic mass is 9.85. The fourth-order valence-electron chi connectivity index (χ4n) is 4.96. The van der Waals surface area contributed by atoms with Crippen molar-refractivity contribution in [2.24, 2.45) is 11.1 Å². The van der Waals surface area contributed by atoms with E-state index in [0.29, 0.717) is 18.9 Å². The van der Waals surface area contributed by atoms with E-state index in [-0.39, 0.29) is 61.2 Å². The summed E-state index contributed by atoms with van der Waals surface area (Å²) in [6, 6.07) is 4.25. The number of likely N-dealkylation sites (tertiary alicyclic amines) is 1. The number of rotatable bonds is 13. The van der Waals surface area contributed by atoms with Gasteiger partial charge in [-0.3, -0.25) is 14.4 Å². The largest absolute Gasteiger partial charge is 0.493 e. The van der Waals surface area contributed by atoms with Gasteiger partial charge in [0.05, 0.1) is 28.8 Å². The summed E-state index contributed by atoms with van der Waals surface area (Å²) in [5.74, 6) is -0.386. The fourth-order valence-corrected chi connectivity index (χ4v) is 5.76. The number of nitrogens with zero attached hydrogens (tertiary/aromatic N) is 2. The van der Waals surface area contributed by atoms with Crippen LogP contribution in [0, 0.1) is 12.3 Å². The molecule has 0 radical (unpaired) electrons. The second-order valence-electron chi connectivity index (χ2n) is 11.8. The van der Waals surface area contributed by atoms with Crippen LogP contribution < -0.4 is 21.1 Å². The molecule has 1 saturated heterocycles. The average Bonchev–Trinajstić information content (AvgIpc) is 3.52. The third-order valence-electron chi connectivity index (χ3n) is 7.21. The Labute approximate surface area is 270 Å². The Morgan fingerprint density at radius 1 is 1.21 bits per heavy atom. The van der Waals surface area contributed by atoms with Crippen LogP contribution in [0.25, 0.3) is 10.4 Å². The predicted octanol–water partition coefficient (Wildman–Crippen LogP) is 3.76. The van der Waals surface area contributed by atoms with Crippen molar-refractivity contribution >= 4 is 53.0 Å². The Balaban J connectivity index is 0.00000616. The van der Waals surface area contributed by atoms with Crippen molar-refractivity contribution in [2.45, 2.75) is 91.5 Å². The van der Waals surface area contributed by atoms with E-state index in [0.717, 1.165) is 47.4 Å². The normalized spacial score (nSPS) is 17.4. The number of nitrogens with one attached hydrogen (secondary N) is 2. The highest BCUT2D eigenvalue weighted by Crippen LogP contribution is 2.32. The summed E-state index contributed by atoms with van der Waals surface area (Å²) in [6.07, 6.45) is 3.28. The number of hydrogen-bond donors (Lipinski definition) is 4. The number of aryl methyl sites for hydroxylation is 1. The summed E-state index contributed by atoms with van der Waals surface area (Å²) in [5.41, 5.74) is 9.59. The molecule has 0 bridgehead atoms. The molecular weight excluding hydrogens is 669 g/mol. The topological polar surface area (TPSA) is 147 Å². The van der Waals surface area contributed by atoms with Gasteiger partial charge in [-0.1, -0.05) is 45.7 Å². The fraction of sp³-hybridized carbons (Fsp3) is 0.600. The molecule has 3 atom stereocenters. The Morgan fingerprint density at radius 2 is 1.93 bits per heavy atom. The predicted molar refractivity (Wildman–Crippen MR) is 176 cm³/mol. The molecule has 1 aromatic heterocycles. The number of ether oxygens (including phenoxy) is 1. The van der Waals surface area contributed by atoms with E-state index in [1.165, 1.54) is 11.8 Å². The molecule has 10 nitrogen and oxygen atoms in total. The second-order valence-corrected chi connectivity index (χ2v) is 12.6. The Kier molecular flexibility index (Phi) is 14.1. The number of β-amino-alcohol motifs (C(OH)–C–C–N with tert-alkyl or cyclic N) is 1. The summed E-state index contributed by atoms with van der Waals surface area (Å²) >= 11 is 1.56. The highest BCUT2D eigenvalue weighted by Gasteiger charge is 2.44. The Bertz CT molecular complexity index is 1200. The van der Waals surface area contributed by atoms with Gasteiger partial charge in [-0.05, 0) is 43.4 Å². The summed E-state index contributed by atoms with van der Waals surface area (Å²) in [4.78, 5) is 45.5.